The molecule has 242 valence electrons. The van der Waals surface area contributed by atoms with E-state index in [1.54, 1.807) is 85.8 Å². The lowest BCUT2D eigenvalue weighted by atomic mass is 10.2. The Kier molecular flexibility index (Phi) is 10.2. The van der Waals surface area contributed by atoms with Crippen molar-refractivity contribution in [2.45, 2.75) is 6.92 Å². The number of benzene rings is 4. The number of hydrogen-bond acceptors (Lipinski definition) is 8. The number of ether oxygens (including phenoxy) is 2. The van der Waals surface area contributed by atoms with Gasteiger partial charge in [-0.3, -0.25) is 9.59 Å². The van der Waals surface area contributed by atoms with Gasteiger partial charge in [0, 0.05) is 41.5 Å². The van der Waals surface area contributed by atoms with Crippen molar-refractivity contribution in [1.82, 2.24) is 5.43 Å². The number of nitrogens with zero attached hydrogens (tertiary/aromatic N) is 1. The lowest BCUT2D eigenvalue weighted by Crippen LogP contribution is -2.17. The quantitative estimate of drug-likeness (QED) is 0.0661. The van der Waals surface area contributed by atoms with Crippen molar-refractivity contribution in [2.75, 3.05) is 11.9 Å². The number of hydrazone groups is 1. The largest absolute Gasteiger partial charge is 0.490 e. The number of esters is 1. The van der Waals surface area contributed by atoms with Crippen molar-refractivity contribution in [3.05, 3.63) is 120 Å². The van der Waals surface area contributed by atoms with Crippen molar-refractivity contribution < 1.29 is 23.9 Å². The van der Waals surface area contributed by atoms with Gasteiger partial charge in [-0.1, -0.05) is 58.5 Å². The topological polar surface area (TPSA) is 106 Å². The number of rotatable bonds is 9. The molecule has 0 spiro atoms. The third-order valence-electron chi connectivity index (χ3n) is 6.83. The number of fused-ring (bicyclic) bond motifs is 2. The van der Waals surface area contributed by atoms with E-state index in [9.17, 15) is 14.4 Å². The number of carbonyl (C=O) groups excluding carboxylic acids is 3. The minimum Gasteiger partial charge on any atom is -0.490 e. The minimum absolute atomic E-state index is 0.195. The summed E-state index contributed by atoms with van der Waals surface area (Å²) >= 11 is 27.5. The molecule has 0 saturated heterocycles. The van der Waals surface area contributed by atoms with Gasteiger partial charge in [0.25, 0.3) is 11.8 Å². The number of thiophene rings is 2. The number of amides is 2. The Morgan fingerprint density at radius 2 is 1.38 bits per heavy atom. The molecule has 0 atom stereocenters. The van der Waals surface area contributed by atoms with E-state index in [-0.39, 0.29) is 21.6 Å². The number of hydrogen-bond donors (Lipinski definition) is 2. The number of carbonyl (C=O) groups is 3. The summed E-state index contributed by atoms with van der Waals surface area (Å²) in [6, 6.07) is 21.6. The van der Waals surface area contributed by atoms with Gasteiger partial charge in [0.1, 0.15) is 9.75 Å². The Hall–Kier alpha value is -4.16. The first-order chi connectivity index (χ1) is 23.1. The van der Waals surface area contributed by atoms with Crippen molar-refractivity contribution in [2.24, 2.45) is 5.10 Å². The summed E-state index contributed by atoms with van der Waals surface area (Å²) in [5, 5.41) is 10.0. The van der Waals surface area contributed by atoms with E-state index >= 15 is 0 Å². The molecule has 8 nitrogen and oxygen atoms in total. The van der Waals surface area contributed by atoms with Crippen LogP contribution in [0.2, 0.25) is 20.1 Å². The van der Waals surface area contributed by atoms with Crippen molar-refractivity contribution in [1.29, 1.82) is 0 Å². The Bertz CT molecular complexity index is 2250. The average Bonchev–Trinajstić information content (AvgIpc) is 3.57. The van der Waals surface area contributed by atoms with Crippen molar-refractivity contribution in [3.63, 3.8) is 0 Å². The fourth-order valence-corrected chi connectivity index (χ4v) is 7.93. The highest BCUT2D eigenvalue weighted by Gasteiger charge is 2.21. The zero-order valence-electron chi connectivity index (χ0n) is 24.6. The normalized spacial score (nSPS) is 11.3. The highest BCUT2D eigenvalue weighted by atomic mass is 35.5. The van der Waals surface area contributed by atoms with Gasteiger partial charge in [-0.15, -0.1) is 22.7 Å². The third-order valence-corrected chi connectivity index (χ3v) is 10.6. The Labute approximate surface area is 301 Å². The van der Waals surface area contributed by atoms with Crippen LogP contribution in [0.1, 0.15) is 42.2 Å². The van der Waals surface area contributed by atoms with Gasteiger partial charge in [-0.25, -0.2) is 10.2 Å². The van der Waals surface area contributed by atoms with Crippen molar-refractivity contribution in [3.8, 4) is 11.5 Å². The number of anilines is 1. The fraction of sp³-hybridized carbons (Fsp3) is 0.0588. The molecular formula is C34H21Cl4N3O5S2. The van der Waals surface area contributed by atoms with Crippen LogP contribution in [0, 0.1) is 0 Å². The number of nitrogens with one attached hydrogen (secondary N) is 2. The van der Waals surface area contributed by atoms with E-state index < -0.39 is 11.9 Å². The molecule has 48 heavy (non-hydrogen) atoms. The zero-order valence-corrected chi connectivity index (χ0v) is 29.3. The van der Waals surface area contributed by atoms with Crippen LogP contribution in [-0.4, -0.2) is 30.6 Å². The first-order valence-corrected chi connectivity index (χ1v) is 17.2. The van der Waals surface area contributed by atoms with Gasteiger partial charge in [-0.05, 0) is 79.2 Å². The monoisotopic (exact) mass is 755 g/mol. The van der Waals surface area contributed by atoms with Crippen LogP contribution in [0.25, 0.3) is 20.2 Å². The first kappa shape index (κ1) is 33.7. The molecule has 6 rings (SSSR count). The molecule has 6 aromatic rings. The lowest BCUT2D eigenvalue weighted by molar-refractivity contribution is 0.0733. The van der Waals surface area contributed by atoms with E-state index in [1.807, 2.05) is 0 Å². The maximum absolute atomic E-state index is 13.0. The smallest absolute Gasteiger partial charge is 0.355 e. The van der Waals surface area contributed by atoms with Crippen LogP contribution in [0.15, 0.2) is 84.0 Å². The molecule has 0 fully saturated rings. The molecule has 0 aliphatic rings. The van der Waals surface area contributed by atoms with E-state index in [2.05, 4.69) is 15.8 Å². The van der Waals surface area contributed by atoms with Crippen LogP contribution in [0.5, 0.6) is 11.5 Å². The predicted octanol–water partition coefficient (Wildman–Crippen LogP) is 10.4. The third kappa shape index (κ3) is 7.29. The molecule has 0 bridgehead atoms. The first-order valence-electron chi connectivity index (χ1n) is 14.1. The Morgan fingerprint density at radius 1 is 0.750 bits per heavy atom. The summed E-state index contributed by atoms with van der Waals surface area (Å²) in [5.74, 6) is -0.974. The average molecular weight is 758 g/mol. The van der Waals surface area contributed by atoms with Crippen LogP contribution in [-0.2, 0) is 0 Å². The molecule has 14 heteroatoms. The summed E-state index contributed by atoms with van der Waals surface area (Å²) in [6.07, 6.45) is 1.43. The molecular weight excluding hydrogens is 736 g/mol. The molecule has 2 amide bonds. The minimum atomic E-state index is -0.633. The second-order valence-corrected chi connectivity index (χ2v) is 13.8. The van der Waals surface area contributed by atoms with E-state index in [1.165, 1.54) is 28.9 Å². The summed E-state index contributed by atoms with van der Waals surface area (Å²) in [6.45, 7) is 2.11. The second kappa shape index (κ2) is 14.5. The Morgan fingerprint density at radius 3 is 2.02 bits per heavy atom. The lowest BCUT2D eigenvalue weighted by Gasteiger charge is -2.11. The van der Waals surface area contributed by atoms with Crippen LogP contribution in [0.4, 0.5) is 5.69 Å². The maximum Gasteiger partial charge on any atom is 0.355 e. The molecule has 0 saturated carbocycles. The van der Waals surface area contributed by atoms with E-state index in [0.29, 0.717) is 54.5 Å². The van der Waals surface area contributed by atoms with Crippen LogP contribution in [0.3, 0.4) is 0 Å². The van der Waals surface area contributed by atoms with Crippen molar-refractivity contribution >= 4 is 119 Å². The highest BCUT2D eigenvalue weighted by molar-refractivity contribution is 7.22. The molecule has 2 aromatic heterocycles. The fourth-order valence-electron chi connectivity index (χ4n) is 4.58. The van der Waals surface area contributed by atoms with Gasteiger partial charge in [0.2, 0.25) is 0 Å². The highest BCUT2D eigenvalue weighted by Crippen LogP contribution is 2.39. The predicted molar refractivity (Wildman–Crippen MR) is 196 cm³/mol. The SMILES string of the molecule is CCOc1cc(/C=N\NC(=O)c2ccc(NC(=O)c3sc4cc(Cl)ccc4c3Cl)cc2)ccc1OC(=O)c1sc2cc(Cl)ccc2c1Cl. The molecule has 0 unspecified atom stereocenters. The summed E-state index contributed by atoms with van der Waals surface area (Å²) in [5.41, 5.74) is 3.85. The van der Waals surface area contributed by atoms with Gasteiger partial charge >= 0.3 is 5.97 Å². The van der Waals surface area contributed by atoms with Gasteiger partial charge in [0.05, 0.1) is 22.9 Å². The van der Waals surface area contributed by atoms with Crippen LogP contribution >= 0.6 is 69.1 Å². The molecule has 2 heterocycles. The van der Waals surface area contributed by atoms with Gasteiger partial charge < -0.3 is 14.8 Å². The molecule has 0 radical (unpaired) electrons. The Balaban J connectivity index is 1.08. The summed E-state index contributed by atoms with van der Waals surface area (Å²) in [4.78, 5) is 39.2. The molecule has 0 aliphatic carbocycles. The molecule has 0 aliphatic heterocycles. The molecule has 2 N–H and O–H groups in total. The second-order valence-electron chi connectivity index (χ2n) is 10.0. The maximum atomic E-state index is 13.0. The summed E-state index contributed by atoms with van der Waals surface area (Å²) in [7, 11) is 0. The number of halogens is 4. The van der Waals surface area contributed by atoms with Gasteiger partial charge in [-0.2, -0.15) is 5.10 Å². The van der Waals surface area contributed by atoms with Gasteiger partial charge in [0.15, 0.2) is 11.5 Å². The zero-order chi connectivity index (χ0) is 33.9. The molecule has 4 aromatic carbocycles. The van der Waals surface area contributed by atoms with Crippen LogP contribution < -0.4 is 20.2 Å². The summed E-state index contributed by atoms with van der Waals surface area (Å²) < 4.78 is 12.9. The van der Waals surface area contributed by atoms with E-state index in [0.717, 1.165) is 14.8 Å². The van der Waals surface area contributed by atoms with E-state index in [4.69, 9.17) is 55.9 Å². The standard InChI is InChI=1S/C34H21Cl4N3O5S2/c1-2-45-25-13-17(3-12-24(25)46-34(44)31-29(38)23-11-7-20(36)15-27(23)48-31)16-39-41-32(42)18-4-8-21(9-5-18)40-33(43)30-28(37)22-10-6-19(35)14-26(22)47-30/h3-16H,2H2,1H3,(H,40,43)(H,41,42)/b39-16-.